The second-order valence-electron chi connectivity index (χ2n) is 6.16. The van der Waals surface area contributed by atoms with Gasteiger partial charge in [-0.1, -0.05) is 30.3 Å². The Kier molecular flexibility index (Phi) is 7.73. The van der Waals surface area contributed by atoms with Gasteiger partial charge in [-0.3, -0.25) is 9.59 Å². The zero-order valence-corrected chi connectivity index (χ0v) is 15.4. The van der Waals surface area contributed by atoms with Crippen molar-refractivity contribution < 1.29 is 43.5 Å². The molecule has 5 atom stereocenters. The van der Waals surface area contributed by atoms with Gasteiger partial charge in [-0.15, -0.1) is 0 Å². The van der Waals surface area contributed by atoms with Gasteiger partial charge in [-0.2, -0.15) is 0 Å². The van der Waals surface area contributed by atoms with Crippen LogP contribution in [0.1, 0.15) is 19.4 Å². The first-order valence-corrected chi connectivity index (χ1v) is 8.57. The molecular weight excluding hydrogens is 374 g/mol. The van der Waals surface area contributed by atoms with Gasteiger partial charge in [0.25, 0.3) is 0 Å². The van der Waals surface area contributed by atoms with Crippen LogP contribution < -0.4 is 5.32 Å². The second-order valence-corrected chi connectivity index (χ2v) is 6.16. The number of benzene rings is 1. The van der Waals surface area contributed by atoms with Gasteiger partial charge in [0.05, 0.1) is 0 Å². The van der Waals surface area contributed by atoms with Crippen LogP contribution in [-0.4, -0.2) is 65.5 Å². The molecule has 0 aliphatic carbocycles. The maximum atomic E-state index is 12.1. The quantitative estimate of drug-likeness (QED) is 0.441. The minimum Gasteiger partial charge on any atom is -0.463 e. The fourth-order valence-corrected chi connectivity index (χ4v) is 2.66. The van der Waals surface area contributed by atoms with Crippen LogP contribution in [0.2, 0.25) is 0 Å². The van der Waals surface area contributed by atoms with Crippen molar-refractivity contribution in [2.45, 2.75) is 51.1 Å². The molecule has 1 heterocycles. The van der Waals surface area contributed by atoms with Gasteiger partial charge in [0.15, 0.2) is 12.4 Å². The van der Waals surface area contributed by atoms with Crippen molar-refractivity contribution in [1.29, 1.82) is 0 Å². The number of hydrogen-bond acceptors (Lipinski definition) is 9. The smallest absolute Gasteiger partial charge is 0.407 e. The number of amides is 1. The van der Waals surface area contributed by atoms with E-state index in [0.717, 1.165) is 12.5 Å². The number of esters is 2. The zero-order chi connectivity index (χ0) is 20.7. The van der Waals surface area contributed by atoms with Gasteiger partial charge in [-0.25, -0.2) is 4.79 Å². The maximum absolute atomic E-state index is 12.1. The largest absolute Gasteiger partial charge is 0.463 e. The monoisotopic (exact) mass is 397 g/mol. The highest BCUT2D eigenvalue weighted by Crippen LogP contribution is 2.23. The summed E-state index contributed by atoms with van der Waals surface area (Å²) in [6.07, 6.45) is -6.50. The molecule has 1 aromatic rings. The molecule has 10 nitrogen and oxygen atoms in total. The van der Waals surface area contributed by atoms with Crippen LogP contribution in [0.5, 0.6) is 0 Å². The lowest BCUT2D eigenvalue weighted by Crippen LogP contribution is -2.65. The molecule has 0 aromatic heterocycles. The highest BCUT2D eigenvalue weighted by Gasteiger charge is 2.48. The van der Waals surface area contributed by atoms with Crippen LogP contribution in [0.3, 0.4) is 0 Å². The third kappa shape index (κ3) is 6.19. The first-order chi connectivity index (χ1) is 13.3. The van der Waals surface area contributed by atoms with E-state index in [-0.39, 0.29) is 13.2 Å². The molecule has 0 bridgehead atoms. The fourth-order valence-electron chi connectivity index (χ4n) is 2.66. The summed E-state index contributed by atoms with van der Waals surface area (Å²) in [7, 11) is 0. The summed E-state index contributed by atoms with van der Waals surface area (Å²) in [6.45, 7) is 1.89. The molecular formula is C18H23NO9. The van der Waals surface area contributed by atoms with Crippen molar-refractivity contribution in [3.05, 3.63) is 35.9 Å². The first-order valence-electron chi connectivity index (χ1n) is 8.57. The lowest BCUT2D eigenvalue weighted by atomic mass is 9.97. The Morgan fingerprint density at radius 1 is 1.07 bits per heavy atom. The highest BCUT2D eigenvalue weighted by atomic mass is 16.6. The Morgan fingerprint density at radius 2 is 1.75 bits per heavy atom. The summed E-state index contributed by atoms with van der Waals surface area (Å²) < 4.78 is 20.1. The van der Waals surface area contributed by atoms with Gasteiger partial charge in [0.1, 0.15) is 31.5 Å². The predicted molar refractivity (Wildman–Crippen MR) is 92.6 cm³/mol. The van der Waals surface area contributed by atoms with Gasteiger partial charge in [0, 0.05) is 13.8 Å². The van der Waals surface area contributed by atoms with Crippen LogP contribution in [0, 0.1) is 0 Å². The van der Waals surface area contributed by atoms with Crippen molar-refractivity contribution in [3.63, 3.8) is 0 Å². The molecule has 0 saturated carbocycles. The summed E-state index contributed by atoms with van der Waals surface area (Å²) in [4.78, 5) is 34.4. The Balaban J connectivity index is 2.02. The van der Waals surface area contributed by atoms with E-state index >= 15 is 0 Å². The molecule has 1 fully saturated rings. The van der Waals surface area contributed by atoms with E-state index < -0.39 is 48.7 Å². The lowest BCUT2D eigenvalue weighted by Gasteiger charge is -2.41. The Labute approximate surface area is 161 Å². The van der Waals surface area contributed by atoms with E-state index in [1.165, 1.54) is 6.92 Å². The van der Waals surface area contributed by atoms with Gasteiger partial charge < -0.3 is 34.5 Å². The standard InChI is InChI=1S/C18H23NO9/c1-10(20)25-9-13-15(22)16(27-11(2)21)14(17(23)28-13)19-18(24)26-8-12-6-4-3-5-7-12/h3-7,13-17,22-23H,8-9H2,1-2H3,(H,19,24)/t13-,14-,15-,16-,17+/m1/s1. The molecule has 1 aliphatic heterocycles. The fraction of sp³-hybridized carbons (Fsp3) is 0.500. The summed E-state index contributed by atoms with van der Waals surface area (Å²) >= 11 is 0. The average Bonchev–Trinajstić information content (AvgIpc) is 2.65. The van der Waals surface area contributed by atoms with Crippen molar-refractivity contribution >= 4 is 18.0 Å². The van der Waals surface area contributed by atoms with E-state index in [1.807, 2.05) is 6.07 Å². The first kappa shape index (κ1) is 21.6. The number of aliphatic hydroxyl groups is 2. The molecule has 1 aromatic carbocycles. The van der Waals surface area contributed by atoms with Crippen LogP contribution in [0.25, 0.3) is 0 Å². The number of hydrogen-bond donors (Lipinski definition) is 3. The molecule has 1 saturated heterocycles. The summed E-state index contributed by atoms with van der Waals surface area (Å²) in [5.74, 6) is -1.35. The molecule has 1 aliphatic rings. The van der Waals surface area contributed by atoms with E-state index in [1.54, 1.807) is 24.3 Å². The number of nitrogens with one attached hydrogen (secondary N) is 1. The molecule has 3 N–H and O–H groups in total. The van der Waals surface area contributed by atoms with Crippen molar-refractivity contribution in [2.24, 2.45) is 0 Å². The SMILES string of the molecule is CC(=O)OC[C@H]1O[C@H](O)[C@H](NC(=O)OCc2ccccc2)[C@@H](OC(C)=O)[C@@H]1O. The van der Waals surface area contributed by atoms with Crippen LogP contribution in [0.4, 0.5) is 4.79 Å². The van der Waals surface area contributed by atoms with Gasteiger partial charge in [-0.05, 0) is 5.56 Å². The van der Waals surface area contributed by atoms with Crippen LogP contribution >= 0.6 is 0 Å². The van der Waals surface area contributed by atoms with E-state index in [2.05, 4.69) is 5.32 Å². The third-order valence-corrected chi connectivity index (χ3v) is 3.94. The number of rotatable bonds is 6. The van der Waals surface area contributed by atoms with Crippen LogP contribution in [-0.2, 0) is 35.1 Å². The topological polar surface area (TPSA) is 141 Å². The maximum Gasteiger partial charge on any atom is 0.407 e. The average molecular weight is 397 g/mol. The van der Waals surface area contributed by atoms with E-state index in [9.17, 15) is 24.6 Å². The molecule has 2 rings (SSSR count). The Hall–Kier alpha value is -2.69. The number of alkyl carbamates (subject to hydrolysis) is 1. The van der Waals surface area contributed by atoms with Crippen LogP contribution in [0.15, 0.2) is 30.3 Å². The molecule has 10 heteroatoms. The lowest BCUT2D eigenvalue weighted by molar-refractivity contribution is -0.259. The van der Waals surface area contributed by atoms with Crippen molar-refractivity contribution in [1.82, 2.24) is 5.32 Å². The number of carbonyl (C=O) groups is 3. The molecule has 1 amide bonds. The predicted octanol–water partition coefficient (Wildman–Crippen LogP) is -0.146. The molecule has 0 unspecified atom stereocenters. The highest BCUT2D eigenvalue weighted by molar-refractivity contribution is 5.69. The van der Waals surface area contributed by atoms with Crippen molar-refractivity contribution in [2.75, 3.05) is 6.61 Å². The molecule has 154 valence electrons. The normalized spacial score (nSPS) is 26.8. The van der Waals surface area contributed by atoms with E-state index in [4.69, 9.17) is 18.9 Å². The summed E-state index contributed by atoms with van der Waals surface area (Å²) in [5, 5.41) is 22.9. The van der Waals surface area contributed by atoms with Gasteiger partial charge >= 0.3 is 18.0 Å². The molecule has 0 radical (unpaired) electrons. The third-order valence-electron chi connectivity index (χ3n) is 3.94. The summed E-state index contributed by atoms with van der Waals surface area (Å²) in [6, 6.07) is 7.61. The molecule has 0 spiro atoms. The van der Waals surface area contributed by atoms with E-state index in [0.29, 0.717) is 0 Å². The minimum absolute atomic E-state index is 0.0216. The zero-order valence-electron chi connectivity index (χ0n) is 15.4. The second kappa shape index (κ2) is 10.0. The van der Waals surface area contributed by atoms with Crippen molar-refractivity contribution in [3.8, 4) is 0 Å². The number of carbonyl (C=O) groups excluding carboxylic acids is 3. The molecule has 28 heavy (non-hydrogen) atoms. The number of aliphatic hydroxyl groups excluding tert-OH is 2. The summed E-state index contributed by atoms with van der Waals surface area (Å²) in [5.41, 5.74) is 0.746. The Morgan fingerprint density at radius 3 is 2.36 bits per heavy atom. The minimum atomic E-state index is -1.64. The number of ether oxygens (including phenoxy) is 4. The Bertz CT molecular complexity index is 681. The van der Waals surface area contributed by atoms with Gasteiger partial charge in [0.2, 0.25) is 0 Å².